The molecule has 135 valence electrons. The quantitative estimate of drug-likeness (QED) is 0.896. The summed E-state index contributed by atoms with van der Waals surface area (Å²) >= 11 is 0. The molecule has 5 heteroatoms. The summed E-state index contributed by atoms with van der Waals surface area (Å²) in [7, 11) is 0. The lowest BCUT2D eigenvalue weighted by Gasteiger charge is -2.41. The van der Waals surface area contributed by atoms with Crippen LogP contribution in [0.3, 0.4) is 0 Å². The highest BCUT2D eigenvalue weighted by atomic mass is 16.3. The lowest BCUT2D eigenvalue weighted by atomic mass is 9.78. The van der Waals surface area contributed by atoms with Crippen LogP contribution in [0.4, 0.5) is 5.82 Å². The Morgan fingerprint density at radius 2 is 2.04 bits per heavy atom. The van der Waals surface area contributed by atoms with Gasteiger partial charge in [0.1, 0.15) is 5.82 Å². The summed E-state index contributed by atoms with van der Waals surface area (Å²) in [5.74, 6) is 1.32. The summed E-state index contributed by atoms with van der Waals surface area (Å²) in [6.45, 7) is 4.67. The number of aliphatic hydroxyl groups excluding tert-OH is 1. The van der Waals surface area contributed by atoms with Crippen molar-refractivity contribution in [3.63, 3.8) is 0 Å². The molecule has 1 aromatic heterocycles. The van der Waals surface area contributed by atoms with Crippen LogP contribution in [-0.4, -0.2) is 52.7 Å². The van der Waals surface area contributed by atoms with E-state index in [0.717, 1.165) is 76.0 Å². The molecule has 1 aliphatic carbocycles. The van der Waals surface area contributed by atoms with Crippen LogP contribution in [0.15, 0.2) is 12.3 Å². The maximum absolute atomic E-state index is 13.3. The zero-order valence-electron chi connectivity index (χ0n) is 15.1. The first kappa shape index (κ1) is 16.8. The van der Waals surface area contributed by atoms with Gasteiger partial charge in [0.05, 0.1) is 11.5 Å². The number of aromatic nitrogens is 1. The van der Waals surface area contributed by atoms with Crippen molar-refractivity contribution >= 4 is 11.7 Å². The van der Waals surface area contributed by atoms with Crippen LogP contribution in [0.25, 0.3) is 0 Å². The number of aryl methyl sites for hydroxylation is 1. The summed E-state index contributed by atoms with van der Waals surface area (Å²) in [6.07, 6.45) is 8.12. The van der Waals surface area contributed by atoms with E-state index in [1.54, 1.807) is 6.20 Å². The molecule has 25 heavy (non-hydrogen) atoms. The Bertz CT molecular complexity index is 642. The molecule has 3 fully saturated rings. The Kier molecular flexibility index (Phi) is 4.44. The first-order valence-electron chi connectivity index (χ1n) is 9.66. The minimum atomic E-state index is -0.233. The molecule has 3 aliphatic rings. The van der Waals surface area contributed by atoms with Crippen LogP contribution < -0.4 is 4.90 Å². The van der Waals surface area contributed by atoms with E-state index < -0.39 is 0 Å². The normalized spacial score (nSPS) is 33.3. The van der Waals surface area contributed by atoms with Crippen molar-refractivity contribution < 1.29 is 9.90 Å². The first-order valence-corrected chi connectivity index (χ1v) is 9.66. The van der Waals surface area contributed by atoms with E-state index >= 15 is 0 Å². The monoisotopic (exact) mass is 342 g/mol. The van der Waals surface area contributed by atoms with Gasteiger partial charge in [0.25, 0.3) is 0 Å². The smallest absolute Gasteiger partial charge is 0.230 e. The average molecular weight is 342 g/mol. The maximum Gasteiger partial charge on any atom is 0.230 e. The van der Waals surface area contributed by atoms with Crippen molar-refractivity contribution in [3.8, 4) is 0 Å². The molecule has 3 heterocycles. The first-order chi connectivity index (χ1) is 12.1. The van der Waals surface area contributed by atoms with Crippen LogP contribution in [0.2, 0.25) is 0 Å². The van der Waals surface area contributed by atoms with E-state index in [1.165, 1.54) is 0 Å². The number of aliphatic hydroxyl groups is 1. The third-order valence-corrected chi connectivity index (χ3v) is 6.39. The van der Waals surface area contributed by atoms with E-state index in [-0.39, 0.29) is 11.5 Å². The molecule has 1 aromatic rings. The third-order valence-electron chi connectivity index (χ3n) is 6.39. The zero-order valence-corrected chi connectivity index (χ0v) is 15.1. The number of amides is 1. The van der Waals surface area contributed by atoms with Gasteiger partial charge in [-0.15, -0.1) is 0 Å². The fourth-order valence-corrected chi connectivity index (χ4v) is 4.92. The molecule has 4 rings (SSSR count). The van der Waals surface area contributed by atoms with Gasteiger partial charge in [-0.2, -0.15) is 0 Å². The van der Waals surface area contributed by atoms with Crippen molar-refractivity contribution in [1.29, 1.82) is 0 Å². The van der Waals surface area contributed by atoms with Gasteiger partial charge < -0.3 is 14.9 Å². The van der Waals surface area contributed by atoms with Crippen molar-refractivity contribution in [2.75, 3.05) is 24.5 Å². The SMILES string of the molecule is Cc1[c]cnc(N2CCC[C@@]3(CCN(C4CCC(O)CC4)C3=O)C2)c1. The average Bonchev–Trinajstić information content (AvgIpc) is 2.92. The fourth-order valence-electron chi connectivity index (χ4n) is 4.92. The van der Waals surface area contributed by atoms with E-state index in [0.29, 0.717) is 11.9 Å². The number of carbonyl (C=O) groups is 1. The minimum Gasteiger partial charge on any atom is -0.393 e. The largest absolute Gasteiger partial charge is 0.393 e. The number of likely N-dealkylation sites (tertiary alicyclic amines) is 1. The molecule has 2 aliphatic heterocycles. The number of piperidine rings is 1. The van der Waals surface area contributed by atoms with Gasteiger partial charge in [-0.05, 0) is 63.5 Å². The molecule has 1 saturated carbocycles. The van der Waals surface area contributed by atoms with E-state index in [4.69, 9.17) is 0 Å². The van der Waals surface area contributed by atoms with Crippen LogP contribution in [0.1, 0.15) is 50.5 Å². The summed E-state index contributed by atoms with van der Waals surface area (Å²) in [5, 5.41) is 9.74. The van der Waals surface area contributed by atoms with Gasteiger partial charge in [0, 0.05) is 37.9 Å². The molecule has 2 saturated heterocycles. The lowest BCUT2D eigenvalue weighted by Crippen LogP contribution is -2.50. The second kappa shape index (κ2) is 6.60. The Labute approximate surface area is 150 Å². The van der Waals surface area contributed by atoms with Gasteiger partial charge in [-0.25, -0.2) is 4.98 Å². The second-order valence-electron chi connectivity index (χ2n) is 8.10. The molecule has 1 radical (unpaired) electrons. The molecule has 1 atom stereocenters. The topological polar surface area (TPSA) is 56.7 Å². The molecule has 1 spiro atoms. The van der Waals surface area contributed by atoms with Crippen molar-refractivity contribution in [2.24, 2.45) is 5.41 Å². The molecule has 0 bridgehead atoms. The Balaban J connectivity index is 1.49. The molecule has 1 amide bonds. The number of rotatable bonds is 2. The molecular weight excluding hydrogens is 314 g/mol. The molecule has 1 N–H and O–H groups in total. The van der Waals surface area contributed by atoms with Crippen LogP contribution in [0, 0.1) is 18.4 Å². The number of nitrogens with zero attached hydrogens (tertiary/aromatic N) is 3. The van der Waals surface area contributed by atoms with Crippen molar-refractivity contribution in [1.82, 2.24) is 9.88 Å². The predicted molar refractivity (Wildman–Crippen MR) is 96.3 cm³/mol. The zero-order chi connectivity index (χ0) is 17.4. The van der Waals surface area contributed by atoms with E-state index in [1.807, 2.05) is 6.92 Å². The highest BCUT2D eigenvalue weighted by Gasteiger charge is 2.50. The highest BCUT2D eigenvalue weighted by molar-refractivity contribution is 5.86. The van der Waals surface area contributed by atoms with Gasteiger partial charge in [-0.1, -0.05) is 0 Å². The van der Waals surface area contributed by atoms with Gasteiger partial charge in [0.15, 0.2) is 0 Å². The predicted octanol–water partition coefficient (Wildman–Crippen LogP) is 2.31. The van der Waals surface area contributed by atoms with E-state index in [2.05, 4.69) is 26.9 Å². The van der Waals surface area contributed by atoms with Gasteiger partial charge in [-0.3, -0.25) is 4.79 Å². The van der Waals surface area contributed by atoms with Gasteiger partial charge in [0.2, 0.25) is 5.91 Å². The van der Waals surface area contributed by atoms with Crippen molar-refractivity contribution in [2.45, 2.75) is 64.0 Å². The Morgan fingerprint density at radius 3 is 2.80 bits per heavy atom. The number of carbonyl (C=O) groups excluding carboxylic acids is 1. The van der Waals surface area contributed by atoms with Crippen LogP contribution in [0.5, 0.6) is 0 Å². The van der Waals surface area contributed by atoms with E-state index in [9.17, 15) is 9.90 Å². The number of pyridine rings is 1. The fraction of sp³-hybridized carbons (Fsp3) is 0.700. The summed E-state index contributed by atoms with van der Waals surface area (Å²) in [4.78, 5) is 22.2. The number of hydrogen-bond donors (Lipinski definition) is 1. The Morgan fingerprint density at radius 1 is 1.24 bits per heavy atom. The van der Waals surface area contributed by atoms with Crippen LogP contribution >= 0.6 is 0 Å². The van der Waals surface area contributed by atoms with Crippen LogP contribution in [-0.2, 0) is 4.79 Å². The summed E-state index contributed by atoms with van der Waals surface area (Å²) in [5.41, 5.74) is 0.855. The van der Waals surface area contributed by atoms with Crippen molar-refractivity contribution in [3.05, 3.63) is 23.9 Å². The summed E-state index contributed by atoms with van der Waals surface area (Å²) < 4.78 is 0. The lowest BCUT2D eigenvalue weighted by molar-refractivity contribution is -0.139. The number of hydrogen-bond acceptors (Lipinski definition) is 4. The molecular formula is C20H28N3O2. The number of anilines is 1. The standard InChI is InChI=1S/C20H28N3O2/c1-15-7-10-21-18(13-15)22-11-2-8-20(14-22)9-12-23(19(20)25)16-3-5-17(24)6-4-16/h10,13,16-17,24H,2-6,8-9,11-12,14H2,1H3/t16?,17?,20-/m1/s1. The highest BCUT2D eigenvalue weighted by Crippen LogP contribution is 2.43. The second-order valence-corrected chi connectivity index (χ2v) is 8.10. The van der Waals surface area contributed by atoms with Gasteiger partial charge >= 0.3 is 0 Å². The molecule has 0 aromatic carbocycles. The molecule has 5 nitrogen and oxygen atoms in total. The maximum atomic E-state index is 13.3. The summed E-state index contributed by atoms with van der Waals surface area (Å²) in [6, 6.07) is 5.50. The minimum absolute atomic E-state index is 0.169. The molecule has 0 unspecified atom stereocenters. The Hall–Kier alpha value is -1.62. The third kappa shape index (κ3) is 3.14.